The molecule has 0 radical (unpaired) electrons. The second kappa shape index (κ2) is 4.42. The maximum absolute atomic E-state index is 11.8. The van der Waals surface area contributed by atoms with Crippen molar-refractivity contribution in [3.63, 3.8) is 0 Å². The molecule has 84 valence electrons. The van der Waals surface area contributed by atoms with Crippen LogP contribution in [0.25, 0.3) is 0 Å². The van der Waals surface area contributed by atoms with Crippen LogP contribution in [0.15, 0.2) is 41.9 Å². The van der Waals surface area contributed by atoms with Crippen LogP contribution >= 0.6 is 11.6 Å². The average molecular weight is 235 g/mol. The number of hydrogen-bond acceptors (Lipinski definition) is 1. The Balaban J connectivity index is 2.16. The van der Waals surface area contributed by atoms with Crippen LogP contribution in [0.4, 0.5) is 0 Å². The number of halogens is 1. The van der Waals surface area contributed by atoms with Gasteiger partial charge in [-0.25, -0.2) is 0 Å². The van der Waals surface area contributed by atoms with Crippen LogP contribution in [-0.2, 0) is 11.2 Å². The molecule has 0 aromatic heterocycles. The van der Waals surface area contributed by atoms with Crippen LogP contribution in [0, 0.1) is 5.41 Å². The molecule has 16 heavy (non-hydrogen) atoms. The van der Waals surface area contributed by atoms with Crippen molar-refractivity contribution < 1.29 is 4.79 Å². The predicted octanol–water partition coefficient (Wildman–Crippen LogP) is 3.72. The van der Waals surface area contributed by atoms with Gasteiger partial charge in [-0.1, -0.05) is 48.5 Å². The highest BCUT2D eigenvalue weighted by Crippen LogP contribution is 2.45. The molecule has 1 aliphatic carbocycles. The summed E-state index contributed by atoms with van der Waals surface area (Å²) in [7, 11) is 0. The van der Waals surface area contributed by atoms with Crippen molar-refractivity contribution in [1.29, 1.82) is 0 Å². The van der Waals surface area contributed by atoms with Crippen molar-refractivity contribution in [2.45, 2.75) is 25.7 Å². The summed E-state index contributed by atoms with van der Waals surface area (Å²) >= 11 is 5.86. The number of ketones is 1. The molecule has 0 bridgehead atoms. The summed E-state index contributed by atoms with van der Waals surface area (Å²) < 4.78 is 0. The summed E-state index contributed by atoms with van der Waals surface area (Å²) in [6, 6.07) is 10.1. The van der Waals surface area contributed by atoms with E-state index in [1.165, 1.54) is 5.56 Å². The number of hydrogen-bond donors (Lipinski definition) is 0. The van der Waals surface area contributed by atoms with E-state index in [1.54, 1.807) is 0 Å². The van der Waals surface area contributed by atoms with E-state index in [0.29, 0.717) is 23.7 Å². The van der Waals surface area contributed by atoms with Gasteiger partial charge in [-0.3, -0.25) is 4.79 Å². The van der Waals surface area contributed by atoms with Crippen LogP contribution in [0.2, 0.25) is 0 Å². The van der Waals surface area contributed by atoms with Crippen molar-refractivity contribution in [2.24, 2.45) is 5.41 Å². The largest absolute Gasteiger partial charge is 0.299 e. The van der Waals surface area contributed by atoms with Gasteiger partial charge in [-0.15, -0.1) is 0 Å². The number of carbonyl (C=O) groups is 1. The third-order valence-electron chi connectivity index (χ3n) is 3.34. The highest BCUT2D eigenvalue weighted by Gasteiger charge is 2.45. The summed E-state index contributed by atoms with van der Waals surface area (Å²) in [5.74, 6) is 0.332. The van der Waals surface area contributed by atoms with Crippen molar-refractivity contribution in [2.75, 3.05) is 0 Å². The Labute approximate surface area is 101 Å². The Bertz CT molecular complexity index is 410. The van der Waals surface area contributed by atoms with Gasteiger partial charge in [0.2, 0.25) is 0 Å². The topological polar surface area (TPSA) is 17.1 Å². The van der Waals surface area contributed by atoms with E-state index in [4.69, 9.17) is 11.6 Å². The third kappa shape index (κ3) is 2.19. The molecule has 1 aromatic carbocycles. The zero-order valence-corrected chi connectivity index (χ0v) is 9.96. The highest BCUT2D eigenvalue weighted by molar-refractivity contribution is 6.29. The molecule has 1 aliphatic rings. The Morgan fingerprint density at radius 2 is 2.06 bits per heavy atom. The SMILES string of the molecule is C=C(Cl)C[C@]1(Cc2ccccc2)CCC1=O. The standard InChI is InChI=1S/C14H15ClO/c1-11(15)9-14(8-7-13(14)16)10-12-5-3-2-4-6-12/h2-6H,1,7-10H2/t14-/m0/s1. The fourth-order valence-electron chi connectivity index (χ4n) is 2.37. The van der Waals surface area contributed by atoms with Gasteiger partial charge in [0.05, 0.1) is 0 Å². The summed E-state index contributed by atoms with van der Waals surface area (Å²) in [5.41, 5.74) is 0.939. The molecular formula is C14H15ClO. The van der Waals surface area contributed by atoms with Gasteiger partial charge in [-0.2, -0.15) is 0 Å². The third-order valence-corrected chi connectivity index (χ3v) is 3.47. The van der Waals surface area contributed by atoms with Gasteiger partial charge < -0.3 is 0 Å². The molecule has 0 saturated heterocycles. The van der Waals surface area contributed by atoms with Gasteiger partial charge in [-0.05, 0) is 24.8 Å². The van der Waals surface area contributed by atoms with Crippen molar-refractivity contribution >= 4 is 17.4 Å². The summed E-state index contributed by atoms with van der Waals surface area (Å²) in [6.07, 6.45) is 3.03. The smallest absolute Gasteiger partial charge is 0.139 e. The summed E-state index contributed by atoms with van der Waals surface area (Å²) in [5, 5.41) is 0.587. The van der Waals surface area contributed by atoms with Gasteiger partial charge in [0, 0.05) is 16.9 Å². The number of allylic oxidation sites excluding steroid dienone is 1. The van der Waals surface area contributed by atoms with Gasteiger partial charge in [0.1, 0.15) is 5.78 Å². The molecule has 0 N–H and O–H groups in total. The summed E-state index contributed by atoms with van der Waals surface area (Å²) in [6.45, 7) is 3.71. The molecule has 0 aliphatic heterocycles. The normalized spacial score (nSPS) is 23.9. The lowest BCUT2D eigenvalue weighted by Gasteiger charge is -2.40. The Kier molecular flexibility index (Phi) is 3.15. The summed E-state index contributed by atoms with van der Waals surface area (Å²) in [4.78, 5) is 11.8. The minimum Gasteiger partial charge on any atom is -0.299 e. The highest BCUT2D eigenvalue weighted by atomic mass is 35.5. The number of carbonyl (C=O) groups excluding carboxylic acids is 1. The lowest BCUT2D eigenvalue weighted by atomic mass is 9.62. The molecule has 0 unspecified atom stereocenters. The molecule has 0 spiro atoms. The second-order valence-corrected chi connectivity index (χ2v) is 5.09. The molecule has 1 atom stereocenters. The van der Waals surface area contributed by atoms with E-state index in [2.05, 4.69) is 18.7 Å². The van der Waals surface area contributed by atoms with E-state index in [-0.39, 0.29) is 5.41 Å². The van der Waals surface area contributed by atoms with E-state index < -0.39 is 0 Å². The molecule has 2 heteroatoms. The molecule has 2 rings (SSSR count). The van der Waals surface area contributed by atoms with Crippen LogP contribution < -0.4 is 0 Å². The Morgan fingerprint density at radius 1 is 1.38 bits per heavy atom. The van der Waals surface area contributed by atoms with Crippen LogP contribution in [-0.4, -0.2) is 5.78 Å². The van der Waals surface area contributed by atoms with Crippen molar-refractivity contribution in [3.8, 4) is 0 Å². The van der Waals surface area contributed by atoms with Crippen molar-refractivity contribution in [1.82, 2.24) is 0 Å². The minimum atomic E-state index is -0.264. The lowest BCUT2D eigenvalue weighted by molar-refractivity contribution is -0.138. The molecule has 1 fully saturated rings. The first-order chi connectivity index (χ1) is 7.62. The van der Waals surface area contributed by atoms with Crippen LogP contribution in [0.5, 0.6) is 0 Å². The molecule has 1 saturated carbocycles. The first-order valence-corrected chi connectivity index (χ1v) is 5.91. The predicted molar refractivity (Wildman–Crippen MR) is 66.4 cm³/mol. The number of Topliss-reactive ketones (excluding diaryl/α,β-unsaturated/α-hetero) is 1. The zero-order valence-electron chi connectivity index (χ0n) is 9.21. The van der Waals surface area contributed by atoms with E-state index >= 15 is 0 Å². The van der Waals surface area contributed by atoms with E-state index in [9.17, 15) is 4.79 Å². The molecule has 1 aromatic rings. The molecule has 0 heterocycles. The van der Waals surface area contributed by atoms with Crippen molar-refractivity contribution in [3.05, 3.63) is 47.5 Å². The maximum Gasteiger partial charge on any atom is 0.139 e. The van der Waals surface area contributed by atoms with Crippen LogP contribution in [0.3, 0.4) is 0 Å². The number of rotatable bonds is 4. The fourth-order valence-corrected chi connectivity index (χ4v) is 2.63. The van der Waals surface area contributed by atoms with Gasteiger partial charge in [0.25, 0.3) is 0 Å². The first kappa shape index (κ1) is 11.4. The van der Waals surface area contributed by atoms with E-state index in [0.717, 1.165) is 12.8 Å². The fraction of sp³-hybridized carbons (Fsp3) is 0.357. The maximum atomic E-state index is 11.8. The van der Waals surface area contributed by atoms with Gasteiger partial charge >= 0.3 is 0 Å². The molecule has 0 amide bonds. The lowest BCUT2D eigenvalue weighted by Crippen LogP contribution is -2.42. The van der Waals surface area contributed by atoms with Gasteiger partial charge in [0.15, 0.2) is 0 Å². The first-order valence-electron chi connectivity index (χ1n) is 5.53. The minimum absolute atomic E-state index is 0.264. The Hall–Kier alpha value is -1.08. The quantitative estimate of drug-likeness (QED) is 0.776. The zero-order chi connectivity index (χ0) is 11.6. The Morgan fingerprint density at radius 3 is 2.50 bits per heavy atom. The number of benzene rings is 1. The van der Waals surface area contributed by atoms with Crippen LogP contribution in [0.1, 0.15) is 24.8 Å². The van der Waals surface area contributed by atoms with E-state index in [1.807, 2.05) is 18.2 Å². The molecular weight excluding hydrogens is 220 g/mol. The monoisotopic (exact) mass is 234 g/mol. The second-order valence-electron chi connectivity index (χ2n) is 4.56. The molecule has 1 nitrogen and oxygen atoms in total. The average Bonchev–Trinajstić information content (AvgIpc) is 2.27.